The summed E-state index contributed by atoms with van der Waals surface area (Å²) in [5.41, 5.74) is 7.33. The maximum Gasteiger partial charge on any atom is 0.101 e. The lowest BCUT2D eigenvalue weighted by Crippen LogP contribution is -2.22. The fraction of sp³-hybridized carbons (Fsp3) is 0.364. The van der Waals surface area contributed by atoms with E-state index in [2.05, 4.69) is 5.32 Å². The number of hydrogen-bond acceptors (Lipinski definition) is 4. The third-order valence-electron chi connectivity index (χ3n) is 2.26. The lowest BCUT2D eigenvalue weighted by atomic mass is 10.1. The van der Waals surface area contributed by atoms with Gasteiger partial charge in [0.25, 0.3) is 0 Å². The summed E-state index contributed by atoms with van der Waals surface area (Å²) in [5.74, 6) is 0. The molecule has 0 spiro atoms. The monoisotopic (exact) mass is 205 g/mol. The quantitative estimate of drug-likeness (QED) is 0.647. The lowest BCUT2D eigenvalue weighted by Gasteiger charge is -2.15. The first kappa shape index (κ1) is 11.3. The average molecular weight is 205 g/mol. The SMILES string of the molecule is CCC(CO)Nc1ccc(N)c(C#N)c1. The molecule has 0 aliphatic rings. The highest BCUT2D eigenvalue weighted by atomic mass is 16.3. The number of nitrogens with one attached hydrogen (secondary N) is 1. The van der Waals surface area contributed by atoms with Crippen LogP contribution < -0.4 is 11.1 Å². The van der Waals surface area contributed by atoms with E-state index < -0.39 is 0 Å². The molecule has 4 N–H and O–H groups in total. The van der Waals surface area contributed by atoms with Crippen molar-refractivity contribution in [2.45, 2.75) is 19.4 Å². The molecule has 1 aromatic carbocycles. The second-order valence-corrected chi connectivity index (χ2v) is 3.35. The first-order chi connectivity index (χ1) is 7.21. The molecule has 1 atom stereocenters. The van der Waals surface area contributed by atoms with Crippen molar-refractivity contribution < 1.29 is 5.11 Å². The van der Waals surface area contributed by atoms with Crippen LogP contribution in [0.3, 0.4) is 0 Å². The molecule has 80 valence electrons. The van der Waals surface area contributed by atoms with E-state index in [1.807, 2.05) is 13.0 Å². The predicted molar refractivity (Wildman–Crippen MR) is 60.4 cm³/mol. The maximum absolute atomic E-state index is 9.02. The molecule has 1 aromatic rings. The number of aliphatic hydroxyl groups is 1. The van der Waals surface area contributed by atoms with Crippen LogP contribution in [0.5, 0.6) is 0 Å². The van der Waals surface area contributed by atoms with Crippen LogP contribution in [-0.4, -0.2) is 17.8 Å². The number of nitrogens with two attached hydrogens (primary N) is 1. The van der Waals surface area contributed by atoms with Crippen LogP contribution >= 0.6 is 0 Å². The largest absolute Gasteiger partial charge is 0.398 e. The highest BCUT2D eigenvalue weighted by Gasteiger charge is 2.05. The van der Waals surface area contributed by atoms with Gasteiger partial charge < -0.3 is 16.2 Å². The molecule has 4 nitrogen and oxygen atoms in total. The summed E-state index contributed by atoms with van der Waals surface area (Å²) < 4.78 is 0. The van der Waals surface area contributed by atoms with Crippen LogP contribution in [0, 0.1) is 11.3 Å². The molecule has 0 saturated heterocycles. The van der Waals surface area contributed by atoms with Gasteiger partial charge in [0.2, 0.25) is 0 Å². The molecule has 0 radical (unpaired) electrons. The van der Waals surface area contributed by atoms with Gasteiger partial charge in [-0.1, -0.05) is 6.92 Å². The summed E-state index contributed by atoms with van der Waals surface area (Å²) in [7, 11) is 0. The Morgan fingerprint density at radius 2 is 2.33 bits per heavy atom. The number of hydrogen-bond donors (Lipinski definition) is 3. The van der Waals surface area contributed by atoms with E-state index >= 15 is 0 Å². The van der Waals surface area contributed by atoms with Gasteiger partial charge in [0.15, 0.2) is 0 Å². The van der Waals surface area contributed by atoms with Gasteiger partial charge in [0.05, 0.1) is 12.2 Å². The molecule has 1 unspecified atom stereocenters. The standard InChI is InChI=1S/C11H15N3O/c1-2-9(7-15)14-10-3-4-11(13)8(5-10)6-12/h3-5,9,14-15H,2,7,13H2,1H3. The normalized spacial score (nSPS) is 11.8. The first-order valence-electron chi connectivity index (χ1n) is 4.88. The second kappa shape index (κ2) is 5.23. The van der Waals surface area contributed by atoms with Crippen LogP contribution in [0.25, 0.3) is 0 Å². The van der Waals surface area contributed by atoms with E-state index in [0.29, 0.717) is 11.3 Å². The Morgan fingerprint density at radius 1 is 1.60 bits per heavy atom. The Labute approximate surface area is 89.3 Å². The molecule has 15 heavy (non-hydrogen) atoms. The zero-order chi connectivity index (χ0) is 11.3. The zero-order valence-electron chi connectivity index (χ0n) is 8.70. The van der Waals surface area contributed by atoms with Crippen molar-refractivity contribution in [1.29, 1.82) is 5.26 Å². The molecular weight excluding hydrogens is 190 g/mol. The molecule has 0 aliphatic heterocycles. The van der Waals surface area contributed by atoms with E-state index in [4.69, 9.17) is 16.1 Å². The number of nitriles is 1. The van der Waals surface area contributed by atoms with Gasteiger partial charge >= 0.3 is 0 Å². The summed E-state index contributed by atoms with van der Waals surface area (Å²) in [6, 6.07) is 7.21. The van der Waals surface area contributed by atoms with E-state index in [0.717, 1.165) is 12.1 Å². The Balaban J connectivity index is 2.83. The fourth-order valence-electron chi connectivity index (χ4n) is 1.26. The summed E-state index contributed by atoms with van der Waals surface area (Å²) in [6.45, 7) is 2.05. The van der Waals surface area contributed by atoms with Gasteiger partial charge in [-0.3, -0.25) is 0 Å². The molecule has 0 fully saturated rings. The van der Waals surface area contributed by atoms with E-state index in [1.54, 1.807) is 18.2 Å². The highest BCUT2D eigenvalue weighted by Crippen LogP contribution is 2.17. The Hall–Kier alpha value is -1.73. The van der Waals surface area contributed by atoms with Crippen LogP contribution in [0.15, 0.2) is 18.2 Å². The van der Waals surface area contributed by atoms with Crippen molar-refractivity contribution in [2.24, 2.45) is 0 Å². The van der Waals surface area contributed by atoms with Gasteiger partial charge in [0.1, 0.15) is 6.07 Å². The van der Waals surface area contributed by atoms with E-state index in [9.17, 15) is 0 Å². The first-order valence-corrected chi connectivity index (χ1v) is 4.88. The third-order valence-corrected chi connectivity index (χ3v) is 2.26. The summed E-state index contributed by atoms with van der Waals surface area (Å²) in [4.78, 5) is 0. The molecule has 0 aliphatic carbocycles. The van der Waals surface area contributed by atoms with Gasteiger partial charge in [-0.25, -0.2) is 0 Å². The Kier molecular flexibility index (Phi) is 3.95. The number of nitrogen functional groups attached to an aromatic ring is 1. The van der Waals surface area contributed by atoms with E-state index in [-0.39, 0.29) is 12.6 Å². The lowest BCUT2D eigenvalue weighted by molar-refractivity contribution is 0.272. The molecule has 0 amide bonds. The minimum atomic E-state index is 0.0140. The topological polar surface area (TPSA) is 82.1 Å². The molecule has 0 heterocycles. The maximum atomic E-state index is 9.02. The van der Waals surface area contributed by atoms with Crippen LogP contribution in [0.2, 0.25) is 0 Å². The highest BCUT2D eigenvalue weighted by molar-refractivity contribution is 5.62. The minimum absolute atomic E-state index is 0.0140. The average Bonchev–Trinajstić information content (AvgIpc) is 2.28. The van der Waals surface area contributed by atoms with Crippen LogP contribution in [-0.2, 0) is 0 Å². The zero-order valence-corrected chi connectivity index (χ0v) is 8.70. The molecule has 1 rings (SSSR count). The number of benzene rings is 1. The molecule has 0 aromatic heterocycles. The van der Waals surface area contributed by atoms with E-state index in [1.165, 1.54) is 0 Å². The van der Waals surface area contributed by atoms with Gasteiger partial charge in [-0.05, 0) is 24.6 Å². The number of aliphatic hydroxyl groups excluding tert-OH is 1. The predicted octanol–water partition coefficient (Wildman–Crippen LogP) is 1.32. The summed E-state index contributed by atoms with van der Waals surface area (Å²) in [6.07, 6.45) is 0.822. The van der Waals surface area contributed by atoms with Crippen molar-refractivity contribution >= 4 is 11.4 Å². The van der Waals surface area contributed by atoms with Crippen molar-refractivity contribution in [3.63, 3.8) is 0 Å². The van der Waals surface area contributed by atoms with Crippen molar-refractivity contribution in [2.75, 3.05) is 17.7 Å². The van der Waals surface area contributed by atoms with Gasteiger partial charge in [-0.15, -0.1) is 0 Å². The van der Waals surface area contributed by atoms with Gasteiger partial charge in [0, 0.05) is 17.4 Å². The summed E-state index contributed by atoms with van der Waals surface area (Å²) in [5, 5.41) is 20.9. The molecule has 0 bridgehead atoms. The molecule has 0 saturated carbocycles. The molecule has 4 heteroatoms. The fourth-order valence-corrected chi connectivity index (χ4v) is 1.26. The molecular formula is C11H15N3O. The minimum Gasteiger partial charge on any atom is -0.398 e. The van der Waals surface area contributed by atoms with Crippen LogP contribution in [0.4, 0.5) is 11.4 Å². The second-order valence-electron chi connectivity index (χ2n) is 3.35. The van der Waals surface area contributed by atoms with Crippen molar-refractivity contribution in [3.05, 3.63) is 23.8 Å². The van der Waals surface area contributed by atoms with Crippen molar-refractivity contribution in [1.82, 2.24) is 0 Å². The Morgan fingerprint density at radius 3 is 2.87 bits per heavy atom. The third kappa shape index (κ3) is 2.86. The number of nitrogens with zero attached hydrogens (tertiary/aromatic N) is 1. The van der Waals surface area contributed by atoms with Crippen LogP contribution in [0.1, 0.15) is 18.9 Å². The number of rotatable bonds is 4. The Bertz CT molecular complexity index is 367. The number of anilines is 2. The summed E-state index contributed by atoms with van der Waals surface area (Å²) >= 11 is 0. The van der Waals surface area contributed by atoms with Gasteiger partial charge in [-0.2, -0.15) is 5.26 Å². The smallest absolute Gasteiger partial charge is 0.101 e. The van der Waals surface area contributed by atoms with Crippen molar-refractivity contribution in [3.8, 4) is 6.07 Å².